The molecule has 4 atom stereocenters. The van der Waals surface area contributed by atoms with Gasteiger partial charge in [-0.25, -0.2) is 0 Å². The van der Waals surface area contributed by atoms with Crippen molar-refractivity contribution in [3.05, 3.63) is 0 Å². The topological polar surface area (TPSA) is 32.5 Å². The highest BCUT2D eigenvalue weighted by Gasteiger charge is 2.37. The van der Waals surface area contributed by atoms with E-state index in [1.807, 2.05) is 0 Å². The Morgan fingerprint density at radius 1 is 1.31 bits per heavy atom. The summed E-state index contributed by atoms with van der Waals surface area (Å²) in [5.41, 5.74) is 5.97. The molecule has 16 heavy (non-hydrogen) atoms. The largest absolute Gasteiger partial charge is 0.329 e. The number of nitrogens with two attached hydrogens (primary N) is 1. The van der Waals surface area contributed by atoms with Gasteiger partial charge in [0, 0.05) is 31.2 Å². The van der Waals surface area contributed by atoms with Crippen molar-refractivity contribution in [2.75, 3.05) is 26.7 Å². The van der Waals surface area contributed by atoms with Crippen LogP contribution in [0.25, 0.3) is 0 Å². The second-order valence-corrected chi connectivity index (χ2v) is 5.84. The van der Waals surface area contributed by atoms with Crippen LogP contribution in [0.1, 0.15) is 33.1 Å². The molecule has 2 fully saturated rings. The van der Waals surface area contributed by atoms with Crippen molar-refractivity contribution in [1.82, 2.24) is 9.80 Å². The zero-order chi connectivity index (χ0) is 11.7. The Hall–Kier alpha value is -0.120. The van der Waals surface area contributed by atoms with Crippen LogP contribution in [0, 0.1) is 5.92 Å². The van der Waals surface area contributed by atoms with Crippen LogP contribution < -0.4 is 5.73 Å². The number of hydrogen-bond donors (Lipinski definition) is 1. The Bertz CT molecular complexity index is 221. The number of piperidine rings is 1. The second-order valence-electron chi connectivity index (χ2n) is 5.84. The number of hydrogen-bond acceptors (Lipinski definition) is 3. The molecule has 0 spiro atoms. The van der Waals surface area contributed by atoms with Crippen LogP contribution in [0.3, 0.4) is 0 Å². The predicted molar refractivity (Wildman–Crippen MR) is 68.4 cm³/mol. The summed E-state index contributed by atoms with van der Waals surface area (Å²) in [6.45, 7) is 8.02. The lowest BCUT2D eigenvalue weighted by Gasteiger charge is -2.43. The summed E-state index contributed by atoms with van der Waals surface area (Å²) in [5.74, 6) is 0.778. The van der Waals surface area contributed by atoms with E-state index in [0.717, 1.165) is 24.5 Å². The van der Waals surface area contributed by atoms with E-state index in [2.05, 4.69) is 30.7 Å². The van der Waals surface area contributed by atoms with Crippen molar-refractivity contribution in [2.45, 2.75) is 51.2 Å². The summed E-state index contributed by atoms with van der Waals surface area (Å²) in [6.07, 6.45) is 4.03. The molecule has 4 unspecified atom stereocenters. The number of likely N-dealkylation sites (tertiary alicyclic amines) is 2. The molecule has 0 amide bonds. The van der Waals surface area contributed by atoms with Crippen molar-refractivity contribution in [3.8, 4) is 0 Å². The average molecular weight is 225 g/mol. The first-order chi connectivity index (χ1) is 7.63. The van der Waals surface area contributed by atoms with Gasteiger partial charge >= 0.3 is 0 Å². The molecule has 0 aromatic carbocycles. The summed E-state index contributed by atoms with van der Waals surface area (Å²) >= 11 is 0. The molecule has 0 aliphatic carbocycles. The number of rotatable bonds is 2. The van der Waals surface area contributed by atoms with Crippen LogP contribution in [-0.4, -0.2) is 54.6 Å². The number of nitrogens with zero attached hydrogens (tertiary/aromatic N) is 2. The maximum Gasteiger partial charge on any atom is 0.0247 e. The van der Waals surface area contributed by atoms with Gasteiger partial charge in [0.1, 0.15) is 0 Å². The quantitative estimate of drug-likeness (QED) is 0.765. The first kappa shape index (κ1) is 12.3. The van der Waals surface area contributed by atoms with Gasteiger partial charge in [0.05, 0.1) is 0 Å². The fraction of sp³-hybridized carbons (Fsp3) is 1.00. The van der Waals surface area contributed by atoms with Gasteiger partial charge in [0.2, 0.25) is 0 Å². The molecule has 0 radical (unpaired) electrons. The molecular weight excluding hydrogens is 198 g/mol. The highest BCUT2D eigenvalue weighted by atomic mass is 15.3. The highest BCUT2D eigenvalue weighted by Crippen LogP contribution is 2.29. The van der Waals surface area contributed by atoms with E-state index < -0.39 is 0 Å². The van der Waals surface area contributed by atoms with Gasteiger partial charge in [-0.15, -0.1) is 0 Å². The molecule has 3 nitrogen and oxygen atoms in total. The Morgan fingerprint density at radius 2 is 2.06 bits per heavy atom. The summed E-state index contributed by atoms with van der Waals surface area (Å²) < 4.78 is 0. The molecule has 3 heteroatoms. The fourth-order valence-corrected chi connectivity index (χ4v) is 3.50. The first-order valence-electron chi connectivity index (χ1n) is 6.79. The third kappa shape index (κ3) is 2.27. The van der Waals surface area contributed by atoms with E-state index in [1.165, 1.54) is 32.4 Å². The van der Waals surface area contributed by atoms with Crippen molar-refractivity contribution < 1.29 is 0 Å². The van der Waals surface area contributed by atoms with Crippen LogP contribution in [0.2, 0.25) is 0 Å². The normalized spacial score (nSPS) is 42.8. The third-order valence-corrected chi connectivity index (χ3v) is 4.73. The van der Waals surface area contributed by atoms with E-state index >= 15 is 0 Å². The van der Waals surface area contributed by atoms with E-state index in [-0.39, 0.29) is 0 Å². The average Bonchev–Trinajstić information content (AvgIpc) is 2.59. The Labute approximate surface area is 100.0 Å². The van der Waals surface area contributed by atoms with E-state index in [1.54, 1.807) is 0 Å². The van der Waals surface area contributed by atoms with E-state index in [4.69, 9.17) is 5.73 Å². The van der Waals surface area contributed by atoms with Gasteiger partial charge in [-0.05, 0) is 45.7 Å². The minimum absolute atomic E-state index is 0.623. The molecule has 0 aromatic rings. The molecule has 2 aliphatic heterocycles. The summed E-state index contributed by atoms with van der Waals surface area (Å²) in [4.78, 5) is 5.19. The van der Waals surface area contributed by atoms with Crippen molar-refractivity contribution >= 4 is 0 Å². The fourth-order valence-electron chi connectivity index (χ4n) is 3.50. The second kappa shape index (κ2) is 5.03. The Morgan fingerprint density at radius 3 is 2.62 bits per heavy atom. The molecule has 2 heterocycles. The van der Waals surface area contributed by atoms with Crippen LogP contribution in [0.15, 0.2) is 0 Å². The standard InChI is InChI=1S/C13H27N3/c1-10-5-4-6-16(13(10)8-14)12-7-11(2)15(3)9-12/h10-13H,4-9,14H2,1-3H3. The van der Waals surface area contributed by atoms with Crippen LogP contribution in [-0.2, 0) is 0 Å². The lowest BCUT2D eigenvalue weighted by Crippen LogP contribution is -2.53. The molecule has 0 saturated carbocycles. The molecule has 2 saturated heterocycles. The lowest BCUT2D eigenvalue weighted by molar-refractivity contribution is 0.0659. The van der Waals surface area contributed by atoms with Gasteiger partial charge in [-0.1, -0.05) is 6.92 Å². The van der Waals surface area contributed by atoms with E-state index in [0.29, 0.717) is 6.04 Å². The molecule has 0 bridgehead atoms. The smallest absolute Gasteiger partial charge is 0.0247 e. The Balaban J connectivity index is 2.02. The maximum absolute atomic E-state index is 5.97. The lowest BCUT2D eigenvalue weighted by atomic mass is 9.89. The van der Waals surface area contributed by atoms with Crippen molar-refractivity contribution in [3.63, 3.8) is 0 Å². The van der Waals surface area contributed by atoms with Crippen molar-refractivity contribution in [2.24, 2.45) is 11.7 Å². The zero-order valence-electron chi connectivity index (χ0n) is 11.0. The maximum atomic E-state index is 5.97. The first-order valence-corrected chi connectivity index (χ1v) is 6.79. The summed E-state index contributed by atoms with van der Waals surface area (Å²) in [6, 6.07) is 2.11. The Kier molecular flexibility index (Phi) is 3.88. The van der Waals surface area contributed by atoms with E-state index in [9.17, 15) is 0 Å². The molecule has 2 aliphatic rings. The number of likely N-dealkylation sites (N-methyl/N-ethyl adjacent to an activating group) is 1. The SMILES string of the molecule is CC1CCCN(C2CC(C)N(C)C2)C1CN. The van der Waals surface area contributed by atoms with Gasteiger partial charge in [0.25, 0.3) is 0 Å². The predicted octanol–water partition coefficient (Wildman–Crippen LogP) is 1.14. The highest BCUT2D eigenvalue weighted by molar-refractivity contribution is 4.93. The minimum Gasteiger partial charge on any atom is -0.329 e. The summed E-state index contributed by atoms with van der Waals surface area (Å²) in [5, 5.41) is 0. The molecule has 94 valence electrons. The molecule has 0 aromatic heterocycles. The monoisotopic (exact) mass is 225 g/mol. The molecule has 2 rings (SSSR count). The third-order valence-electron chi connectivity index (χ3n) is 4.73. The van der Waals surface area contributed by atoms with Gasteiger partial charge < -0.3 is 10.6 Å². The van der Waals surface area contributed by atoms with Crippen LogP contribution in [0.5, 0.6) is 0 Å². The summed E-state index contributed by atoms with van der Waals surface area (Å²) in [7, 11) is 2.25. The zero-order valence-corrected chi connectivity index (χ0v) is 11.0. The van der Waals surface area contributed by atoms with Crippen LogP contribution >= 0.6 is 0 Å². The van der Waals surface area contributed by atoms with Gasteiger partial charge in [-0.2, -0.15) is 0 Å². The molecule has 2 N–H and O–H groups in total. The van der Waals surface area contributed by atoms with Crippen LogP contribution in [0.4, 0.5) is 0 Å². The molecular formula is C13H27N3. The van der Waals surface area contributed by atoms with Gasteiger partial charge in [-0.3, -0.25) is 4.90 Å². The van der Waals surface area contributed by atoms with Gasteiger partial charge in [0.15, 0.2) is 0 Å². The minimum atomic E-state index is 0.623. The van der Waals surface area contributed by atoms with Crippen molar-refractivity contribution in [1.29, 1.82) is 0 Å².